The lowest BCUT2D eigenvalue weighted by atomic mass is 9.90. The number of fused-ring (bicyclic) bond motifs is 1. The van der Waals surface area contributed by atoms with Gasteiger partial charge in [0.1, 0.15) is 17.8 Å². The average molecular weight is 426 g/mol. The Balaban J connectivity index is 1.74. The Labute approximate surface area is 183 Å². The Morgan fingerprint density at radius 2 is 1.77 bits per heavy atom. The summed E-state index contributed by atoms with van der Waals surface area (Å²) in [5, 5.41) is 7.54. The van der Waals surface area contributed by atoms with Gasteiger partial charge in [-0.2, -0.15) is 0 Å². The van der Waals surface area contributed by atoms with E-state index in [1.165, 1.54) is 0 Å². The van der Waals surface area contributed by atoms with E-state index < -0.39 is 17.5 Å². The molecule has 1 fully saturated rings. The van der Waals surface area contributed by atoms with Gasteiger partial charge in [-0.15, -0.1) is 0 Å². The molecule has 31 heavy (non-hydrogen) atoms. The fourth-order valence-corrected chi connectivity index (χ4v) is 3.82. The largest absolute Gasteiger partial charge is 0.497 e. The first-order chi connectivity index (χ1) is 14.6. The monoisotopic (exact) mass is 425 g/mol. The van der Waals surface area contributed by atoms with Gasteiger partial charge in [0.2, 0.25) is 5.91 Å². The van der Waals surface area contributed by atoms with E-state index in [0.29, 0.717) is 11.5 Å². The van der Waals surface area contributed by atoms with E-state index in [0.717, 1.165) is 34.3 Å². The van der Waals surface area contributed by atoms with Crippen LogP contribution in [-0.2, 0) is 15.1 Å². The average Bonchev–Trinajstić information content (AvgIpc) is 2.95. The van der Waals surface area contributed by atoms with Crippen LogP contribution in [0.25, 0.3) is 10.8 Å². The number of benzene rings is 2. The minimum Gasteiger partial charge on any atom is -0.497 e. The zero-order chi connectivity index (χ0) is 22.8. The number of urea groups is 1. The van der Waals surface area contributed by atoms with Crippen LogP contribution in [0.2, 0.25) is 0 Å². The molecule has 2 N–H and O–H groups in total. The molecule has 0 radical (unpaired) electrons. The molecule has 2 aromatic carbocycles. The second-order valence-corrected chi connectivity index (χ2v) is 8.81. The first kappa shape index (κ1) is 22.6. The second-order valence-electron chi connectivity index (χ2n) is 8.81. The van der Waals surface area contributed by atoms with Crippen molar-refractivity contribution in [1.29, 1.82) is 0 Å². The maximum atomic E-state index is 13.2. The molecule has 0 unspecified atom stereocenters. The third-order valence-electron chi connectivity index (χ3n) is 5.79. The number of nitrogens with one attached hydrogen (secondary N) is 2. The van der Waals surface area contributed by atoms with Crippen LogP contribution in [0, 0.1) is 5.92 Å². The molecule has 1 heterocycles. The summed E-state index contributed by atoms with van der Waals surface area (Å²) in [6, 6.07) is 10.7. The Morgan fingerprint density at radius 3 is 2.45 bits per heavy atom. The summed E-state index contributed by atoms with van der Waals surface area (Å²) in [6.45, 7) is 7.57. The first-order valence-corrected chi connectivity index (χ1v) is 10.7. The van der Waals surface area contributed by atoms with Crippen LogP contribution >= 0.6 is 0 Å². The van der Waals surface area contributed by atoms with Gasteiger partial charge in [0.25, 0.3) is 5.91 Å². The van der Waals surface area contributed by atoms with Gasteiger partial charge >= 0.3 is 6.03 Å². The number of rotatable bonds is 8. The minimum atomic E-state index is -1.23. The van der Waals surface area contributed by atoms with E-state index in [1.54, 1.807) is 14.0 Å². The summed E-state index contributed by atoms with van der Waals surface area (Å²) in [5.74, 6) is 0.524. The summed E-state index contributed by atoms with van der Waals surface area (Å²) in [6.07, 6.45) is 1.85. The van der Waals surface area contributed by atoms with E-state index in [4.69, 9.17) is 4.74 Å². The molecule has 0 aliphatic carbocycles. The maximum Gasteiger partial charge on any atom is 0.325 e. The molecule has 166 valence electrons. The highest BCUT2D eigenvalue weighted by molar-refractivity contribution is 6.09. The summed E-state index contributed by atoms with van der Waals surface area (Å²) in [5.41, 5.74) is -0.564. The van der Waals surface area contributed by atoms with Crippen molar-refractivity contribution >= 4 is 28.6 Å². The Kier molecular flexibility index (Phi) is 6.53. The third-order valence-corrected chi connectivity index (χ3v) is 5.79. The van der Waals surface area contributed by atoms with Crippen LogP contribution in [0.4, 0.5) is 4.79 Å². The Morgan fingerprint density at radius 1 is 1.10 bits per heavy atom. The van der Waals surface area contributed by atoms with E-state index in [-0.39, 0.29) is 18.5 Å². The lowest BCUT2D eigenvalue weighted by Gasteiger charge is -2.23. The van der Waals surface area contributed by atoms with Gasteiger partial charge in [-0.05, 0) is 67.1 Å². The van der Waals surface area contributed by atoms with Crippen LogP contribution < -0.4 is 15.4 Å². The molecule has 1 aliphatic rings. The van der Waals surface area contributed by atoms with Gasteiger partial charge in [-0.3, -0.25) is 14.5 Å². The van der Waals surface area contributed by atoms with Gasteiger partial charge in [-0.1, -0.05) is 32.0 Å². The van der Waals surface area contributed by atoms with Gasteiger partial charge in [0, 0.05) is 6.04 Å². The zero-order valence-corrected chi connectivity index (χ0v) is 18.8. The zero-order valence-electron chi connectivity index (χ0n) is 18.8. The van der Waals surface area contributed by atoms with Crippen molar-refractivity contribution in [2.24, 2.45) is 5.92 Å². The van der Waals surface area contributed by atoms with Gasteiger partial charge < -0.3 is 15.4 Å². The first-order valence-electron chi connectivity index (χ1n) is 10.7. The standard InChI is InChI=1S/C24H31N3O4/c1-15(2)6-7-16(3)25-21(28)14-27-22(29)24(4,26-23(27)30)19-10-8-18-13-20(31-5)11-9-17(18)12-19/h8-13,15-16H,6-7,14H2,1-5H3,(H,25,28)(H,26,30)/t16-,24-/m0/s1. The van der Waals surface area contributed by atoms with Crippen molar-refractivity contribution in [1.82, 2.24) is 15.5 Å². The SMILES string of the molecule is COc1ccc2cc([C@]3(C)NC(=O)N(CC(=O)N[C@@H](C)CCC(C)C)C3=O)ccc2c1. The molecule has 2 aromatic rings. The molecule has 7 heteroatoms. The third kappa shape index (κ3) is 4.81. The summed E-state index contributed by atoms with van der Waals surface area (Å²) in [4.78, 5) is 39.1. The molecule has 1 saturated heterocycles. The number of nitrogens with zero attached hydrogens (tertiary/aromatic N) is 1. The lowest BCUT2D eigenvalue weighted by Crippen LogP contribution is -2.45. The quantitative estimate of drug-likeness (QED) is 0.633. The number of methoxy groups -OCH3 is 1. The highest BCUT2D eigenvalue weighted by Gasteiger charge is 2.49. The van der Waals surface area contributed by atoms with Crippen molar-refractivity contribution in [3.8, 4) is 5.75 Å². The molecular formula is C24H31N3O4. The molecule has 2 atom stereocenters. The number of amides is 4. The molecule has 7 nitrogen and oxygen atoms in total. The molecule has 0 saturated carbocycles. The Hall–Kier alpha value is -3.09. The van der Waals surface area contributed by atoms with E-state index in [2.05, 4.69) is 24.5 Å². The number of ether oxygens (including phenoxy) is 1. The number of carbonyl (C=O) groups excluding carboxylic acids is 3. The Bertz CT molecular complexity index is 1000. The fourth-order valence-electron chi connectivity index (χ4n) is 3.82. The van der Waals surface area contributed by atoms with Crippen LogP contribution in [0.5, 0.6) is 5.75 Å². The van der Waals surface area contributed by atoms with Crippen molar-refractivity contribution in [2.75, 3.05) is 13.7 Å². The van der Waals surface area contributed by atoms with E-state index >= 15 is 0 Å². The predicted octanol–water partition coefficient (Wildman–Crippen LogP) is 3.56. The smallest absolute Gasteiger partial charge is 0.325 e. The van der Waals surface area contributed by atoms with Gasteiger partial charge in [0.05, 0.1) is 7.11 Å². The summed E-state index contributed by atoms with van der Waals surface area (Å²) >= 11 is 0. The van der Waals surface area contributed by atoms with Crippen LogP contribution in [0.3, 0.4) is 0 Å². The molecule has 3 rings (SSSR count). The van der Waals surface area contributed by atoms with Gasteiger partial charge in [-0.25, -0.2) is 4.79 Å². The number of hydrogen-bond acceptors (Lipinski definition) is 4. The van der Waals surface area contributed by atoms with Crippen LogP contribution in [-0.4, -0.2) is 42.4 Å². The van der Waals surface area contributed by atoms with E-state index in [9.17, 15) is 14.4 Å². The molecule has 0 spiro atoms. The van der Waals surface area contributed by atoms with Crippen molar-refractivity contribution in [2.45, 2.75) is 52.1 Å². The van der Waals surface area contributed by atoms with Gasteiger partial charge in [0.15, 0.2) is 0 Å². The number of carbonyl (C=O) groups is 3. The molecule has 4 amide bonds. The van der Waals surface area contributed by atoms with Crippen LogP contribution in [0.15, 0.2) is 36.4 Å². The van der Waals surface area contributed by atoms with Crippen LogP contribution in [0.1, 0.15) is 46.1 Å². The predicted molar refractivity (Wildman–Crippen MR) is 120 cm³/mol. The summed E-state index contributed by atoms with van der Waals surface area (Å²) in [7, 11) is 1.61. The van der Waals surface area contributed by atoms with Crippen molar-refractivity contribution in [3.05, 3.63) is 42.0 Å². The number of hydrogen-bond donors (Lipinski definition) is 2. The number of imide groups is 1. The topological polar surface area (TPSA) is 87.7 Å². The highest BCUT2D eigenvalue weighted by Crippen LogP contribution is 2.32. The highest BCUT2D eigenvalue weighted by atomic mass is 16.5. The van der Waals surface area contributed by atoms with Crippen molar-refractivity contribution < 1.29 is 19.1 Å². The molecule has 0 bridgehead atoms. The molecule has 0 aromatic heterocycles. The second kappa shape index (κ2) is 8.96. The fraction of sp³-hybridized carbons (Fsp3) is 0.458. The van der Waals surface area contributed by atoms with E-state index in [1.807, 2.05) is 43.3 Å². The van der Waals surface area contributed by atoms with Crippen molar-refractivity contribution in [3.63, 3.8) is 0 Å². The molecular weight excluding hydrogens is 394 g/mol. The maximum absolute atomic E-state index is 13.2. The minimum absolute atomic E-state index is 0.0143. The summed E-state index contributed by atoms with van der Waals surface area (Å²) < 4.78 is 5.25. The lowest BCUT2D eigenvalue weighted by molar-refractivity contribution is -0.135. The normalized spacial score (nSPS) is 19.6. The molecule has 1 aliphatic heterocycles.